The van der Waals surface area contributed by atoms with Crippen molar-refractivity contribution in [3.8, 4) is 11.1 Å². The molecule has 0 saturated heterocycles. The molecule has 0 unspecified atom stereocenters. The number of nitrogens with one attached hydrogen (secondary N) is 2. The van der Waals surface area contributed by atoms with E-state index < -0.39 is 23.1 Å². The molecular weight excluding hydrogens is 553 g/mol. The lowest BCUT2D eigenvalue weighted by molar-refractivity contribution is -0.134. The van der Waals surface area contributed by atoms with Gasteiger partial charge in [-0.05, 0) is 70.7 Å². The molecule has 0 spiro atoms. The number of halogens is 1. The van der Waals surface area contributed by atoms with Crippen LogP contribution in [-0.2, 0) is 22.5 Å². The van der Waals surface area contributed by atoms with Gasteiger partial charge in [0.15, 0.2) is 11.6 Å². The van der Waals surface area contributed by atoms with Crippen LogP contribution in [0.1, 0.15) is 45.9 Å². The number of benzene rings is 1. The number of hydrogen-bond donors (Lipinski definition) is 3. The Labute approximate surface area is 249 Å². The summed E-state index contributed by atoms with van der Waals surface area (Å²) in [6.45, 7) is 11.2. The fourth-order valence-electron chi connectivity index (χ4n) is 5.03. The Morgan fingerprint density at radius 2 is 1.88 bits per heavy atom. The molecule has 3 N–H and O–H groups in total. The van der Waals surface area contributed by atoms with E-state index in [1.165, 1.54) is 6.20 Å². The zero-order valence-corrected chi connectivity index (χ0v) is 25.2. The average molecular weight is 590 g/mol. The molecule has 0 fully saturated rings. The normalized spacial score (nSPS) is 14.0. The lowest BCUT2D eigenvalue weighted by atomic mass is 9.98. The predicted octanol–water partition coefficient (Wildman–Crippen LogP) is 5.19. The van der Waals surface area contributed by atoms with Gasteiger partial charge in [-0.2, -0.15) is 5.10 Å². The molecule has 0 bridgehead atoms. The summed E-state index contributed by atoms with van der Waals surface area (Å²) in [5.41, 5.74) is 0.730. The molecule has 1 aliphatic rings. The molecule has 3 aromatic heterocycles. The predicted molar refractivity (Wildman–Crippen MR) is 162 cm³/mol. The molecule has 1 aliphatic heterocycles. The van der Waals surface area contributed by atoms with Crippen LogP contribution in [0.5, 0.6) is 0 Å². The van der Waals surface area contributed by atoms with Gasteiger partial charge in [-0.15, -0.1) is 0 Å². The van der Waals surface area contributed by atoms with Crippen LogP contribution in [0, 0.1) is 12.7 Å². The van der Waals surface area contributed by atoms with E-state index in [0.717, 1.165) is 11.3 Å². The second-order valence-corrected chi connectivity index (χ2v) is 12.4. The number of amides is 2. The van der Waals surface area contributed by atoms with E-state index in [1.54, 1.807) is 74.8 Å². The topological polar surface area (TPSA) is 134 Å². The van der Waals surface area contributed by atoms with Crippen molar-refractivity contribution >= 4 is 40.1 Å². The molecule has 226 valence electrons. The number of β-amino-alcohol motifs (C(OH)–C–C–N with tert-alkyl or cyclic N) is 1. The number of anilines is 3. The first kappa shape index (κ1) is 29.9. The van der Waals surface area contributed by atoms with Gasteiger partial charge in [0.05, 0.1) is 11.3 Å². The van der Waals surface area contributed by atoms with Gasteiger partial charge in [-0.3, -0.25) is 19.8 Å². The molecule has 2 amide bonds. The van der Waals surface area contributed by atoms with Crippen molar-refractivity contribution in [3.63, 3.8) is 0 Å². The summed E-state index contributed by atoms with van der Waals surface area (Å²) in [4.78, 5) is 35.8. The summed E-state index contributed by atoms with van der Waals surface area (Å²) in [7, 11) is 0. The van der Waals surface area contributed by atoms with E-state index in [4.69, 9.17) is 4.74 Å². The first-order valence-corrected chi connectivity index (χ1v) is 14.0. The summed E-state index contributed by atoms with van der Waals surface area (Å²) in [5, 5.41) is 21.5. The van der Waals surface area contributed by atoms with Gasteiger partial charge in [-0.25, -0.2) is 14.2 Å². The first-order chi connectivity index (χ1) is 20.2. The van der Waals surface area contributed by atoms with Crippen LogP contribution in [0.4, 0.5) is 26.5 Å². The summed E-state index contributed by atoms with van der Waals surface area (Å²) < 4.78 is 23.1. The van der Waals surface area contributed by atoms with Crippen molar-refractivity contribution in [2.24, 2.45) is 0 Å². The van der Waals surface area contributed by atoms with Crippen LogP contribution in [-0.4, -0.2) is 66.0 Å². The van der Waals surface area contributed by atoms with Gasteiger partial charge >= 0.3 is 6.09 Å². The van der Waals surface area contributed by atoms with Gasteiger partial charge in [0.2, 0.25) is 5.91 Å². The van der Waals surface area contributed by atoms with Crippen LogP contribution < -0.4 is 10.6 Å². The highest BCUT2D eigenvalue weighted by molar-refractivity contribution is 6.03. The SMILES string of the molecule is Cc1ccncc1-c1cc2cc(Nc3cc4n(n3)CC(=O)N(CC(C)(C)O)CC4)ncc2c(NC(=O)OC(C)(C)C)c1F. The molecule has 5 rings (SSSR count). The van der Waals surface area contributed by atoms with Crippen LogP contribution in [0.3, 0.4) is 0 Å². The molecule has 0 radical (unpaired) electrons. The minimum absolute atomic E-state index is 0.0492. The lowest BCUT2D eigenvalue weighted by Gasteiger charge is -2.27. The Kier molecular flexibility index (Phi) is 7.82. The number of nitrogens with zero attached hydrogens (tertiary/aromatic N) is 5. The molecule has 4 heterocycles. The smallest absolute Gasteiger partial charge is 0.412 e. The maximum atomic E-state index is 16.0. The molecule has 11 nitrogen and oxygen atoms in total. The standard InChI is InChI=1S/C31H36FN7O4/c1-18-7-9-33-14-22(18)21-11-19-12-24(34-15-23(19)28(27(21)32)36-29(41)43-30(2,3)4)35-25-13-20-8-10-38(17-31(5,6)42)26(40)16-39(20)37-25/h7,9,11-15,42H,8,10,16-17H2,1-6H3,(H,36,41)(H,34,35,37). The highest BCUT2D eigenvalue weighted by Gasteiger charge is 2.27. The molecule has 0 atom stereocenters. The monoisotopic (exact) mass is 589 g/mol. The zero-order chi connectivity index (χ0) is 31.1. The van der Waals surface area contributed by atoms with E-state index in [1.807, 2.05) is 13.0 Å². The number of fused-ring (bicyclic) bond motifs is 2. The fraction of sp³-hybridized carbons (Fsp3) is 0.387. The Morgan fingerprint density at radius 1 is 1.12 bits per heavy atom. The number of hydrogen-bond acceptors (Lipinski definition) is 8. The summed E-state index contributed by atoms with van der Waals surface area (Å²) >= 11 is 0. The van der Waals surface area contributed by atoms with Crippen molar-refractivity contribution in [1.29, 1.82) is 0 Å². The van der Waals surface area contributed by atoms with Gasteiger partial charge in [0.25, 0.3) is 0 Å². The quantitative estimate of drug-likeness (QED) is 0.280. The third kappa shape index (κ3) is 6.91. The van der Waals surface area contributed by atoms with Gasteiger partial charge in [0.1, 0.15) is 18.0 Å². The highest BCUT2D eigenvalue weighted by atomic mass is 19.1. The number of aryl methyl sites for hydroxylation is 1. The van der Waals surface area contributed by atoms with E-state index in [2.05, 4.69) is 25.7 Å². The molecule has 43 heavy (non-hydrogen) atoms. The number of rotatable bonds is 6. The second kappa shape index (κ2) is 11.3. The van der Waals surface area contributed by atoms with Crippen LogP contribution >= 0.6 is 0 Å². The van der Waals surface area contributed by atoms with Crippen molar-refractivity contribution in [3.05, 3.63) is 59.9 Å². The summed E-state index contributed by atoms with van der Waals surface area (Å²) in [5.74, 6) is 0.199. The Hall–Kier alpha value is -4.58. The average Bonchev–Trinajstić information content (AvgIpc) is 3.20. The van der Waals surface area contributed by atoms with E-state index >= 15 is 4.39 Å². The molecular formula is C31H36FN7O4. The fourth-order valence-corrected chi connectivity index (χ4v) is 5.03. The Morgan fingerprint density at radius 3 is 2.58 bits per heavy atom. The van der Waals surface area contributed by atoms with Gasteiger partial charge in [0, 0.05) is 66.4 Å². The summed E-state index contributed by atoms with van der Waals surface area (Å²) in [6.07, 6.45) is 4.49. The minimum Gasteiger partial charge on any atom is -0.444 e. The number of carbonyl (C=O) groups is 2. The van der Waals surface area contributed by atoms with Crippen LogP contribution in [0.15, 0.2) is 42.9 Å². The number of carbonyl (C=O) groups excluding carboxylic acids is 2. The molecule has 12 heteroatoms. The number of ether oxygens (including phenoxy) is 1. The van der Waals surface area contributed by atoms with Crippen LogP contribution in [0.2, 0.25) is 0 Å². The van der Waals surface area contributed by atoms with E-state index in [-0.39, 0.29) is 30.2 Å². The largest absolute Gasteiger partial charge is 0.444 e. The maximum absolute atomic E-state index is 16.0. The molecule has 1 aromatic carbocycles. The Balaban J connectivity index is 1.48. The third-order valence-electron chi connectivity index (χ3n) is 6.89. The number of pyridine rings is 2. The number of aliphatic hydroxyl groups is 1. The van der Waals surface area contributed by atoms with Gasteiger partial charge in [-0.1, -0.05) is 0 Å². The van der Waals surface area contributed by atoms with Gasteiger partial charge < -0.3 is 20.1 Å². The van der Waals surface area contributed by atoms with E-state index in [0.29, 0.717) is 40.9 Å². The minimum atomic E-state index is -0.989. The third-order valence-corrected chi connectivity index (χ3v) is 6.89. The zero-order valence-electron chi connectivity index (χ0n) is 25.2. The van der Waals surface area contributed by atoms with Crippen molar-refractivity contribution in [1.82, 2.24) is 24.6 Å². The molecule has 0 aliphatic carbocycles. The van der Waals surface area contributed by atoms with Crippen LogP contribution in [0.25, 0.3) is 21.9 Å². The van der Waals surface area contributed by atoms with Crippen molar-refractivity contribution in [2.45, 2.75) is 65.7 Å². The van der Waals surface area contributed by atoms with Crippen molar-refractivity contribution in [2.75, 3.05) is 23.7 Å². The van der Waals surface area contributed by atoms with Crippen molar-refractivity contribution < 1.29 is 23.8 Å². The Bertz CT molecular complexity index is 1710. The first-order valence-electron chi connectivity index (χ1n) is 14.0. The number of aromatic nitrogens is 4. The maximum Gasteiger partial charge on any atom is 0.412 e. The second-order valence-electron chi connectivity index (χ2n) is 12.4. The van der Waals surface area contributed by atoms with E-state index in [9.17, 15) is 14.7 Å². The molecule has 0 saturated carbocycles. The summed E-state index contributed by atoms with van der Waals surface area (Å²) in [6, 6.07) is 7.08. The highest BCUT2D eigenvalue weighted by Crippen LogP contribution is 2.37. The molecule has 4 aromatic rings. The lowest BCUT2D eigenvalue weighted by Crippen LogP contribution is -2.43.